The summed E-state index contributed by atoms with van der Waals surface area (Å²) >= 11 is 0. The van der Waals surface area contributed by atoms with Crippen LogP contribution in [-0.4, -0.2) is 29.0 Å². The van der Waals surface area contributed by atoms with Crippen molar-refractivity contribution >= 4 is 18.2 Å². The van der Waals surface area contributed by atoms with Crippen molar-refractivity contribution < 1.29 is 15.0 Å². The predicted octanol–water partition coefficient (Wildman–Crippen LogP) is 0.149. The van der Waals surface area contributed by atoms with Crippen molar-refractivity contribution in [2.45, 2.75) is 5.91 Å². The SMILES string of the molecule is CNC(O)(O)C(=O)c1ccccc1.Cl. The number of ketones is 1. The third kappa shape index (κ3) is 2.78. The van der Waals surface area contributed by atoms with Gasteiger partial charge in [0.25, 0.3) is 5.91 Å². The lowest BCUT2D eigenvalue weighted by atomic mass is 10.1. The molecule has 0 unspecified atom stereocenters. The molecule has 0 fully saturated rings. The van der Waals surface area contributed by atoms with Crippen LogP contribution in [0.2, 0.25) is 0 Å². The monoisotopic (exact) mass is 217 g/mol. The summed E-state index contributed by atoms with van der Waals surface area (Å²) in [6, 6.07) is 8.08. The highest BCUT2D eigenvalue weighted by molar-refractivity contribution is 6.00. The topological polar surface area (TPSA) is 69.6 Å². The zero-order valence-corrected chi connectivity index (χ0v) is 8.41. The maximum absolute atomic E-state index is 11.3. The number of carbonyl (C=O) groups is 1. The van der Waals surface area contributed by atoms with Crippen molar-refractivity contribution in [2.24, 2.45) is 0 Å². The van der Waals surface area contributed by atoms with Gasteiger partial charge in [0, 0.05) is 5.56 Å². The minimum atomic E-state index is -2.48. The molecule has 78 valence electrons. The van der Waals surface area contributed by atoms with Crippen molar-refractivity contribution in [1.82, 2.24) is 5.32 Å². The van der Waals surface area contributed by atoms with E-state index in [0.717, 1.165) is 0 Å². The molecule has 0 aliphatic rings. The van der Waals surface area contributed by atoms with Gasteiger partial charge in [0.1, 0.15) is 0 Å². The lowest BCUT2D eigenvalue weighted by molar-refractivity contribution is -0.140. The van der Waals surface area contributed by atoms with Crippen LogP contribution in [0.1, 0.15) is 10.4 Å². The van der Waals surface area contributed by atoms with Gasteiger partial charge in [0.05, 0.1) is 0 Å². The number of halogens is 1. The summed E-state index contributed by atoms with van der Waals surface area (Å²) in [4.78, 5) is 11.3. The highest BCUT2D eigenvalue weighted by atomic mass is 35.5. The predicted molar refractivity (Wildman–Crippen MR) is 54.2 cm³/mol. The van der Waals surface area contributed by atoms with Crippen LogP contribution < -0.4 is 5.32 Å². The van der Waals surface area contributed by atoms with Crippen molar-refractivity contribution in [3.05, 3.63) is 35.9 Å². The molecule has 5 heteroatoms. The van der Waals surface area contributed by atoms with E-state index in [1.807, 2.05) is 0 Å². The molecule has 0 saturated carbocycles. The quantitative estimate of drug-likeness (QED) is 0.498. The summed E-state index contributed by atoms with van der Waals surface area (Å²) < 4.78 is 0. The fourth-order valence-corrected chi connectivity index (χ4v) is 0.904. The molecule has 0 heterocycles. The average molecular weight is 218 g/mol. The zero-order valence-electron chi connectivity index (χ0n) is 7.60. The second kappa shape index (κ2) is 5.07. The van der Waals surface area contributed by atoms with Gasteiger partial charge in [-0.05, 0) is 7.05 Å². The molecule has 1 rings (SSSR count). The lowest BCUT2D eigenvalue weighted by Crippen LogP contribution is -2.50. The molecule has 0 atom stereocenters. The van der Waals surface area contributed by atoms with Crippen LogP contribution in [0.25, 0.3) is 0 Å². The van der Waals surface area contributed by atoms with Crippen LogP contribution in [0.3, 0.4) is 0 Å². The first-order chi connectivity index (χ1) is 6.08. The van der Waals surface area contributed by atoms with E-state index in [1.54, 1.807) is 18.2 Å². The molecule has 0 aliphatic carbocycles. The van der Waals surface area contributed by atoms with E-state index in [1.165, 1.54) is 19.2 Å². The number of benzene rings is 1. The Balaban J connectivity index is 0.00000169. The van der Waals surface area contributed by atoms with E-state index in [9.17, 15) is 4.79 Å². The second-order valence-corrected chi connectivity index (χ2v) is 2.62. The summed E-state index contributed by atoms with van der Waals surface area (Å²) in [5, 5.41) is 20.4. The highest BCUT2D eigenvalue weighted by Gasteiger charge is 2.31. The minimum Gasteiger partial charge on any atom is -0.347 e. The molecule has 3 N–H and O–H groups in total. The van der Waals surface area contributed by atoms with Gasteiger partial charge in [-0.1, -0.05) is 30.3 Å². The van der Waals surface area contributed by atoms with Gasteiger partial charge >= 0.3 is 0 Å². The number of likely N-dealkylation sites (N-methyl/N-ethyl adjacent to an activating group) is 1. The first kappa shape index (κ1) is 13.1. The lowest BCUT2D eigenvalue weighted by Gasteiger charge is -2.18. The third-order valence-electron chi connectivity index (χ3n) is 1.70. The summed E-state index contributed by atoms with van der Waals surface area (Å²) in [7, 11) is 1.29. The number of aliphatic hydroxyl groups is 2. The third-order valence-corrected chi connectivity index (χ3v) is 1.70. The maximum Gasteiger partial charge on any atom is 0.289 e. The zero-order chi connectivity index (χ0) is 9.90. The molecule has 0 saturated heterocycles. The van der Waals surface area contributed by atoms with Gasteiger partial charge in [-0.3, -0.25) is 10.1 Å². The van der Waals surface area contributed by atoms with Crippen molar-refractivity contribution in [2.75, 3.05) is 7.05 Å². The van der Waals surface area contributed by atoms with E-state index in [2.05, 4.69) is 5.32 Å². The highest BCUT2D eigenvalue weighted by Crippen LogP contribution is 2.07. The number of hydrogen-bond donors (Lipinski definition) is 3. The molecule has 4 nitrogen and oxygen atoms in total. The standard InChI is InChI=1S/C9H11NO3.ClH/c1-10-9(12,13)8(11)7-5-3-2-4-6-7;/h2-6,10,12-13H,1H3;1H. The fraction of sp³-hybridized carbons (Fsp3) is 0.222. The van der Waals surface area contributed by atoms with Crippen LogP contribution in [0.5, 0.6) is 0 Å². The van der Waals surface area contributed by atoms with E-state index in [0.29, 0.717) is 0 Å². The van der Waals surface area contributed by atoms with Crippen molar-refractivity contribution in [3.63, 3.8) is 0 Å². The molecule has 0 amide bonds. The van der Waals surface area contributed by atoms with Crippen LogP contribution in [-0.2, 0) is 0 Å². The normalized spacial score (nSPS) is 10.5. The summed E-state index contributed by atoms with van der Waals surface area (Å²) in [5.41, 5.74) is 0.252. The average Bonchev–Trinajstić information content (AvgIpc) is 2.18. The Morgan fingerprint density at radius 3 is 2.21 bits per heavy atom. The Morgan fingerprint density at radius 2 is 1.79 bits per heavy atom. The molecule has 1 aromatic carbocycles. The first-order valence-corrected chi connectivity index (χ1v) is 3.81. The van der Waals surface area contributed by atoms with Crippen LogP contribution in [0.4, 0.5) is 0 Å². The second-order valence-electron chi connectivity index (χ2n) is 2.62. The number of carbonyl (C=O) groups excluding carboxylic acids is 1. The van der Waals surface area contributed by atoms with E-state index in [-0.39, 0.29) is 18.0 Å². The summed E-state index contributed by atoms with van der Waals surface area (Å²) in [6.45, 7) is 0. The molecule has 0 radical (unpaired) electrons. The molecule has 0 aromatic heterocycles. The molecule has 14 heavy (non-hydrogen) atoms. The van der Waals surface area contributed by atoms with E-state index < -0.39 is 11.7 Å². The largest absolute Gasteiger partial charge is 0.347 e. The number of Topliss-reactive ketones (excluding diaryl/α,β-unsaturated/α-hetero) is 1. The van der Waals surface area contributed by atoms with Gasteiger partial charge < -0.3 is 10.2 Å². The van der Waals surface area contributed by atoms with Crippen LogP contribution in [0, 0.1) is 0 Å². The molecular weight excluding hydrogens is 206 g/mol. The minimum absolute atomic E-state index is 0. The summed E-state index contributed by atoms with van der Waals surface area (Å²) in [5.74, 6) is -3.25. The Morgan fingerprint density at radius 1 is 1.29 bits per heavy atom. The van der Waals surface area contributed by atoms with Crippen molar-refractivity contribution in [3.8, 4) is 0 Å². The van der Waals surface area contributed by atoms with Gasteiger partial charge in [-0.15, -0.1) is 12.4 Å². The van der Waals surface area contributed by atoms with Gasteiger partial charge in [0.15, 0.2) is 0 Å². The van der Waals surface area contributed by atoms with Gasteiger partial charge in [-0.2, -0.15) is 0 Å². The number of nitrogens with one attached hydrogen (secondary N) is 1. The first-order valence-electron chi connectivity index (χ1n) is 3.81. The Hall–Kier alpha value is -0.940. The van der Waals surface area contributed by atoms with Crippen LogP contribution >= 0.6 is 12.4 Å². The Kier molecular flexibility index (Phi) is 4.73. The Labute approximate surface area is 88.0 Å². The van der Waals surface area contributed by atoms with Gasteiger partial charge in [-0.25, -0.2) is 0 Å². The van der Waals surface area contributed by atoms with E-state index >= 15 is 0 Å². The maximum atomic E-state index is 11.3. The van der Waals surface area contributed by atoms with Gasteiger partial charge in [0.2, 0.25) is 5.78 Å². The smallest absolute Gasteiger partial charge is 0.289 e. The fourth-order valence-electron chi connectivity index (χ4n) is 0.904. The van der Waals surface area contributed by atoms with Crippen LogP contribution in [0.15, 0.2) is 30.3 Å². The molecule has 0 spiro atoms. The number of rotatable bonds is 3. The summed E-state index contributed by atoms with van der Waals surface area (Å²) in [6.07, 6.45) is 0. The number of hydrogen-bond acceptors (Lipinski definition) is 4. The molecule has 0 bridgehead atoms. The molecular formula is C9H12ClNO3. The molecule has 1 aromatic rings. The Bertz CT molecular complexity index is 300. The van der Waals surface area contributed by atoms with Crippen molar-refractivity contribution in [1.29, 1.82) is 0 Å². The molecule has 0 aliphatic heterocycles. The van der Waals surface area contributed by atoms with E-state index in [4.69, 9.17) is 10.2 Å².